The van der Waals surface area contributed by atoms with Gasteiger partial charge in [-0.1, -0.05) is 110 Å². The lowest BCUT2D eigenvalue weighted by Gasteiger charge is -2.33. The molecule has 0 aromatic carbocycles. The van der Waals surface area contributed by atoms with Crippen molar-refractivity contribution in [2.24, 2.45) is 0 Å². The largest absolute Gasteiger partial charge is 1.00 e. The van der Waals surface area contributed by atoms with E-state index in [2.05, 4.69) is 40.0 Å². The van der Waals surface area contributed by atoms with Crippen molar-refractivity contribution in [3.8, 4) is 0 Å². The quantitative estimate of drug-likeness (QED) is 0.0876. The van der Waals surface area contributed by atoms with E-state index in [0.29, 0.717) is 0 Å². The van der Waals surface area contributed by atoms with Gasteiger partial charge in [-0.2, -0.15) is 0 Å². The summed E-state index contributed by atoms with van der Waals surface area (Å²) < 4.78 is 1.19. The molecule has 0 aliphatic heterocycles. The smallest absolute Gasteiger partial charge is 0.0917 e. The van der Waals surface area contributed by atoms with Gasteiger partial charge in [0, 0.05) is 0 Å². The van der Waals surface area contributed by atoms with E-state index >= 15 is 0 Å². The second kappa shape index (κ2) is 24.7. The van der Waals surface area contributed by atoms with Crippen LogP contribution in [0.5, 0.6) is 0 Å². The molecule has 176 valence electrons. The number of nitrogens with zero attached hydrogens (tertiary/aromatic N) is 1. The number of quaternary nitrogens is 1. The van der Waals surface area contributed by atoms with Crippen LogP contribution in [-0.2, 0) is 0 Å². The minimum Gasteiger partial charge on any atom is -1.00 e. The average molecular weight is 522 g/mol. The van der Waals surface area contributed by atoms with Gasteiger partial charge in [0.1, 0.15) is 0 Å². The Bertz CT molecular complexity index is 322. The Morgan fingerprint density at radius 3 is 1.21 bits per heavy atom. The fourth-order valence-electron chi connectivity index (χ4n) is 4.26. The van der Waals surface area contributed by atoms with Crippen molar-refractivity contribution in [2.45, 2.75) is 143 Å². The molecule has 0 amide bonds. The maximum atomic E-state index is 2.49. The van der Waals surface area contributed by atoms with Gasteiger partial charge < -0.3 is 24.0 Å². The molecule has 0 aliphatic carbocycles. The van der Waals surface area contributed by atoms with Crippen molar-refractivity contribution in [3.63, 3.8) is 0 Å². The van der Waals surface area contributed by atoms with Crippen LogP contribution in [-0.4, -0.2) is 24.1 Å². The Morgan fingerprint density at radius 2 is 0.862 bits per heavy atom. The van der Waals surface area contributed by atoms with Crippen LogP contribution in [0.1, 0.15) is 143 Å². The highest BCUT2D eigenvalue weighted by molar-refractivity contribution is 4.74. The number of hydrogen-bond donors (Lipinski definition) is 0. The van der Waals surface area contributed by atoms with Gasteiger partial charge in [-0.25, -0.2) is 0 Å². The van der Waals surface area contributed by atoms with E-state index in [1.165, 1.54) is 140 Å². The third-order valence-electron chi connectivity index (χ3n) is 6.59. The van der Waals surface area contributed by atoms with Gasteiger partial charge in [0.05, 0.1) is 25.8 Å². The molecule has 29 heavy (non-hydrogen) atoms. The van der Waals surface area contributed by atoms with Gasteiger partial charge in [0.15, 0.2) is 0 Å². The van der Waals surface area contributed by atoms with Crippen molar-refractivity contribution in [1.29, 1.82) is 0 Å². The monoisotopic (exact) mass is 521 g/mol. The lowest BCUT2D eigenvalue weighted by molar-refractivity contribution is -0.876. The third kappa shape index (κ3) is 20.1. The van der Waals surface area contributed by atoms with Crippen molar-refractivity contribution in [2.75, 3.05) is 19.6 Å². The molecule has 0 aliphatic rings. The number of rotatable bonds is 22. The maximum Gasteiger partial charge on any atom is 0.0917 e. The molecular formula is C27H56IN. The topological polar surface area (TPSA) is 0 Å². The average Bonchev–Trinajstić information content (AvgIpc) is 2.72. The van der Waals surface area contributed by atoms with Crippen LogP contribution in [0, 0.1) is 0 Å². The molecular weight excluding hydrogens is 465 g/mol. The molecule has 0 saturated heterocycles. The standard InChI is InChI=1S/C27H56N.HI/c1-5-9-11-12-13-14-15-16-17-18-19-20-21-22-23-25-27-28(7-3,8-4)26-24-10-6-2;/h24,26H,5-23,25,27H2,1-4H3;1H/q+1;/p-1. The summed E-state index contributed by atoms with van der Waals surface area (Å²) in [5, 5.41) is 0. The van der Waals surface area contributed by atoms with Crippen LogP contribution < -0.4 is 24.0 Å². The maximum absolute atomic E-state index is 2.49. The zero-order valence-electron chi connectivity index (χ0n) is 20.8. The molecule has 0 heterocycles. The van der Waals surface area contributed by atoms with Crippen molar-refractivity contribution in [1.82, 2.24) is 0 Å². The molecule has 0 spiro atoms. The van der Waals surface area contributed by atoms with Crippen LogP contribution >= 0.6 is 0 Å². The Labute approximate surface area is 203 Å². The Kier molecular flexibility index (Phi) is 26.9. The van der Waals surface area contributed by atoms with Gasteiger partial charge in [-0.05, 0) is 39.2 Å². The van der Waals surface area contributed by atoms with E-state index in [1.807, 2.05) is 0 Å². The first kappa shape index (κ1) is 31.6. The molecule has 0 aromatic heterocycles. The molecule has 0 bridgehead atoms. The summed E-state index contributed by atoms with van der Waals surface area (Å²) in [6.07, 6.45) is 30.7. The fourth-order valence-corrected chi connectivity index (χ4v) is 4.26. The first-order chi connectivity index (χ1) is 13.7. The summed E-state index contributed by atoms with van der Waals surface area (Å²) in [5.74, 6) is 0. The van der Waals surface area contributed by atoms with Gasteiger partial charge in [-0.15, -0.1) is 0 Å². The SMILES string of the molecule is CCCC=C[N+](CC)(CC)CCCCCCCCCCCCCCCCCC.[I-]. The molecule has 0 unspecified atom stereocenters. The summed E-state index contributed by atoms with van der Waals surface area (Å²) in [7, 11) is 0. The van der Waals surface area contributed by atoms with Crippen LogP contribution in [0.4, 0.5) is 0 Å². The normalized spacial score (nSPS) is 11.9. The fraction of sp³-hybridized carbons (Fsp3) is 0.926. The molecule has 0 aromatic rings. The summed E-state index contributed by atoms with van der Waals surface area (Å²) in [6.45, 7) is 13.1. The molecule has 0 fully saturated rings. The molecule has 0 N–H and O–H groups in total. The number of unbranched alkanes of at least 4 members (excludes halogenated alkanes) is 16. The zero-order chi connectivity index (χ0) is 20.8. The highest BCUT2D eigenvalue weighted by Gasteiger charge is 2.18. The number of hydrogen-bond acceptors (Lipinski definition) is 0. The highest BCUT2D eigenvalue weighted by atomic mass is 127. The second-order valence-corrected chi connectivity index (χ2v) is 9.05. The number of halogens is 1. The van der Waals surface area contributed by atoms with Crippen LogP contribution in [0.15, 0.2) is 12.3 Å². The lowest BCUT2D eigenvalue weighted by Crippen LogP contribution is -3.00. The molecule has 0 radical (unpaired) electrons. The predicted octanol–water partition coefficient (Wildman–Crippen LogP) is 6.42. The molecule has 2 heteroatoms. The van der Waals surface area contributed by atoms with Crippen molar-refractivity contribution in [3.05, 3.63) is 12.3 Å². The molecule has 1 nitrogen and oxygen atoms in total. The Hall–Kier alpha value is 0.430. The first-order valence-electron chi connectivity index (χ1n) is 13.3. The summed E-state index contributed by atoms with van der Waals surface area (Å²) >= 11 is 0. The number of allylic oxidation sites excluding steroid dienone is 1. The second-order valence-electron chi connectivity index (χ2n) is 9.05. The van der Waals surface area contributed by atoms with Gasteiger partial charge in [0.25, 0.3) is 0 Å². The van der Waals surface area contributed by atoms with E-state index in [1.54, 1.807) is 0 Å². The lowest BCUT2D eigenvalue weighted by atomic mass is 10.0. The van der Waals surface area contributed by atoms with Crippen molar-refractivity contribution < 1.29 is 28.5 Å². The minimum absolute atomic E-state index is 0. The van der Waals surface area contributed by atoms with Gasteiger partial charge >= 0.3 is 0 Å². The van der Waals surface area contributed by atoms with E-state index in [4.69, 9.17) is 0 Å². The predicted molar refractivity (Wildman–Crippen MR) is 130 cm³/mol. The first-order valence-corrected chi connectivity index (χ1v) is 13.3. The van der Waals surface area contributed by atoms with E-state index < -0.39 is 0 Å². The summed E-state index contributed by atoms with van der Waals surface area (Å²) in [6, 6.07) is 0. The molecule has 0 saturated carbocycles. The van der Waals surface area contributed by atoms with Gasteiger partial charge in [-0.3, -0.25) is 4.48 Å². The van der Waals surface area contributed by atoms with Crippen molar-refractivity contribution >= 4 is 0 Å². The molecule has 0 atom stereocenters. The zero-order valence-corrected chi connectivity index (χ0v) is 23.0. The van der Waals surface area contributed by atoms with E-state index in [9.17, 15) is 0 Å². The third-order valence-corrected chi connectivity index (χ3v) is 6.59. The summed E-state index contributed by atoms with van der Waals surface area (Å²) in [5.41, 5.74) is 0. The molecule has 0 rings (SSSR count). The van der Waals surface area contributed by atoms with Crippen LogP contribution in [0.2, 0.25) is 0 Å². The summed E-state index contributed by atoms with van der Waals surface area (Å²) in [4.78, 5) is 0. The van der Waals surface area contributed by atoms with Gasteiger partial charge in [0.2, 0.25) is 0 Å². The van der Waals surface area contributed by atoms with E-state index in [-0.39, 0.29) is 24.0 Å². The van der Waals surface area contributed by atoms with E-state index in [0.717, 1.165) is 0 Å². The Morgan fingerprint density at radius 1 is 0.483 bits per heavy atom. The minimum atomic E-state index is 0. The van der Waals surface area contributed by atoms with Crippen LogP contribution in [0.3, 0.4) is 0 Å². The van der Waals surface area contributed by atoms with Crippen LogP contribution in [0.25, 0.3) is 0 Å². The Balaban J connectivity index is 0. The highest BCUT2D eigenvalue weighted by Crippen LogP contribution is 2.16.